The molecule has 0 bridgehead atoms. The lowest BCUT2D eigenvalue weighted by molar-refractivity contribution is -0.197. The number of amides is 4. The highest BCUT2D eigenvalue weighted by Crippen LogP contribution is 2.20. The Hall–Kier alpha value is -2.60. The third-order valence-electron chi connectivity index (χ3n) is 3.53. The first kappa shape index (κ1) is 18.7. The summed E-state index contributed by atoms with van der Waals surface area (Å²) in [5, 5.41) is -1.95. The second kappa shape index (κ2) is 7.11. The van der Waals surface area contributed by atoms with Crippen LogP contribution in [0.3, 0.4) is 0 Å². The van der Waals surface area contributed by atoms with Crippen LogP contribution >= 0.6 is 0 Å². The van der Waals surface area contributed by atoms with E-state index in [1.807, 2.05) is 0 Å². The molecule has 0 aromatic heterocycles. The largest absolute Gasteiger partial charge is 0.333 e. The van der Waals surface area contributed by atoms with E-state index in [4.69, 9.17) is 4.55 Å². The maximum Gasteiger partial charge on any atom is 0.333 e. The summed E-state index contributed by atoms with van der Waals surface area (Å²) < 4.78 is 30.8. The molecule has 4 amide bonds. The first-order valence-corrected chi connectivity index (χ1v) is 8.69. The van der Waals surface area contributed by atoms with Gasteiger partial charge in [-0.1, -0.05) is 0 Å². The standard InChI is InChI=1S/C13H14N2O9S/c16-9-4-5-10(17)14(9)6-2-1-3-12(19)24-15-11(18)7-8(13(15)20)25(21,22)23/h4-5,8H,1-3,6-7H2,(H,21,22,23). The van der Waals surface area contributed by atoms with E-state index in [1.165, 1.54) is 0 Å². The Morgan fingerprint density at radius 3 is 2.28 bits per heavy atom. The number of rotatable bonds is 7. The second-order valence-electron chi connectivity index (χ2n) is 5.32. The highest BCUT2D eigenvalue weighted by atomic mass is 32.2. The summed E-state index contributed by atoms with van der Waals surface area (Å²) in [7, 11) is -4.77. The monoisotopic (exact) mass is 374 g/mol. The topological polar surface area (TPSA) is 155 Å². The average molecular weight is 374 g/mol. The fraction of sp³-hybridized carbons (Fsp3) is 0.462. The zero-order valence-corrected chi connectivity index (χ0v) is 13.6. The van der Waals surface area contributed by atoms with Crippen molar-refractivity contribution in [1.82, 2.24) is 9.96 Å². The van der Waals surface area contributed by atoms with E-state index in [-0.39, 0.29) is 24.4 Å². The van der Waals surface area contributed by atoms with E-state index in [1.54, 1.807) is 0 Å². The molecular weight excluding hydrogens is 360 g/mol. The van der Waals surface area contributed by atoms with Crippen LogP contribution in [0.1, 0.15) is 25.7 Å². The molecule has 1 atom stereocenters. The molecule has 1 fully saturated rings. The Kier molecular flexibility index (Phi) is 5.33. The predicted molar refractivity (Wildman–Crippen MR) is 77.6 cm³/mol. The number of imide groups is 2. The number of carbonyl (C=O) groups is 5. The normalized spacial score (nSPS) is 20.8. The Morgan fingerprint density at radius 2 is 1.76 bits per heavy atom. The zero-order valence-electron chi connectivity index (χ0n) is 12.8. The predicted octanol–water partition coefficient (Wildman–Crippen LogP) is -1.44. The third-order valence-corrected chi connectivity index (χ3v) is 4.62. The summed E-state index contributed by atoms with van der Waals surface area (Å²) in [6, 6.07) is 0. The number of hydrogen-bond donors (Lipinski definition) is 1. The van der Waals surface area contributed by atoms with Crippen molar-refractivity contribution in [2.24, 2.45) is 0 Å². The zero-order chi connectivity index (χ0) is 18.8. The van der Waals surface area contributed by atoms with Crippen molar-refractivity contribution >= 4 is 39.7 Å². The van der Waals surface area contributed by atoms with E-state index in [9.17, 15) is 32.4 Å². The Morgan fingerprint density at radius 1 is 1.16 bits per heavy atom. The van der Waals surface area contributed by atoms with Crippen LogP contribution in [0.15, 0.2) is 12.2 Å². The third kappa shape index (κ3) is 4.28. The molecular formula is C13H14N2O9S. The molecule has 1 N–H and O–H groups in total. The maximum absolute atomic E-state index is 11.7. The second-order valence-corrected chi connectivity index (χ2v) is 6.91. The van der Waals surface area contributed by atoms with Crippen molar-refractivity contribution in [1.29, 1.82) is 0 Å². The molecule has 11 nitrogen and oxygen atoms in total. The van der Waals surface area contributed by atoms with Gasteiger partial charge >= 0.3 is 5.97 Å². The van der Waals surface area contributed by atoms with Crippen molar-refractivity contribution in [2.75, 3.05) is 6.54 Å². The van der Waals surface area contributed by atoms with Crippen molar-refractivity contribution in [3.05, 3.63) is 12.2 Å². The highest BCUT2D eigenvalue weighted by molar-refractivity contribution is 7.87. The minimum atomic E-state index is -4.77. The molecule has 12 heteroatoms. The van der Waals surface area contributed by atoms with Gasteiger partial charge < -0.3 is 4.84 Å². The van der Waals surface area contributed by atoms with Gasteiger partial charge in [-0.25, -0.2) is 4.79 Å². The van der Waals surface area contributed by atoms with E-state index in [2.05, 4.69) is 4.84 Å². The summed E-state index contributed by atoms with van der Waals surface area (Å²) in [4.78, 5) is 63.0. The minimum absolute atomic E-state index is 0.0260. The maximum atomic E-state index is 11.7. The number of nitrogens with zero attached hydrogens (tertiary/aromatic N) is 2. The van der Waals surface area contributed by atoms with Gasteiger partial charge in [0.15, 0.2) is 5.25 Å². The van der Waals surface area contributed by atoms with E-state index < -0.39 is 51.4 Å². The Labute approximate surface area is 141 Å². The summed E-state index contributed by atoms with van der Waals surface area (Å²) in [6.07, 6.45) is 1.73. The van der Waals surface area contributed by atoms with Gasteiger partial charge in [0.1, 0.15) is 0 Å². The summed E-state index contributed by atoms with van der Waals surface area (Å²) in [6.45, 7) is 0.102. The first-order chi connectivity index (χ1) is 11.6. The van der Waals surface area contributed by atoms with E-state index >= 15 is 0 Å². The van der Waals surface area contributed by atoms with Gasteiger partial charge in [0.25, 0.3) is 33.7 Å². The van der Waals surface area contributed by atoms with Gasteiger partial charge in [0.2, 0.25) is 0 Å². The Balaban J connectivity index is 1.77. The molecule has 0 spiro atoms. The molecule has 136 valence electrons. The molecule has 0 radical (unpaired) electrons. The van der Waals surface area contributed by atoms with Crippen LogP contribution in [0.4, 0.5) is 0 Å². The van der Waals surface area contributed by atoms with Crippen molar-refractivity contribution in [3.63, 3.8) is 0 Å². The van der Waals surface area contributed by atoms with Crippen LogP contribution in [0, 0.1) is 0 Å². The van der Waals surface area contributed by atoms with Gasteiger partial charge in [-0.05, 0) is 12.8 Å². The Bertz CT molecular complexity index is 752. The van der Waals surface area contributed by atoms with Crippen molar-refractivity contribution in [3.8, 4) is 0 Å². The van der Waals surface area contributed by atoms with Gasteiger partial charge in [-0.15, -0.1) is 5.06 Å². The summed E-state index contributed by atoms with van der Waals surface area (Å²) >= 11 is 0. The first-order valence-electron chi connectivity index (χ1n) is 7.18. The molecule has 25 heavy (non-hydrogen) atoms. The fourth-order valence-electron chi connectivity index (χ4n) is 2.25. The summed E-state index contributed by atoms with van der Waals surface area (Å²) in [5.41, 5.74) is 0. The molecule has 0 aromatic carbocycles. The molecule has 2 aliphatic heterocycles. The molecule has 2 heterocycles. The van der Waals surface area contributed by atoms with Crippen LogP contribution in [0.5, 0.6) is 0 Å². The lowest BCUT2D eigenvalue weighted by Gasteiger charge is -2.14. The van der Waals surface area contributed by atoms with E-state index in [0.717, 1.165) is 17.1 Å². The van der Waals surface area contributed by atoms with Crippen molar-refractivity contribution in [2.45, 2.75) is 30.9 Å². The average Bonchev–Trinajstić information content (AvgIpc) is 2.98. The van der Waals surface area contributed by atoms with Crippen LogP contribution in [0.25, 0.3) is 0 Å². The molecule has 0 saturated carbocycles. The number of carbonyl (C=O) groups excluding carboxylic acids is 5. The molecule has 0 aliphatic carbocycles. The highest BCUT2D eigenvalue weighted by Gasteiger charge is 2.48. The van der Waals surface area contributed by atoms with Crippen LogP contribution in [-0.2, 0) is 38.9 Å². The number of hydrogen-bond acceptors (Lipinski definition) is 8. The van der Waals surface area contributed by atoms with Gasteiger partial charge in [-0.3, -0.25) is 28.6 Å². The van der Waals surface area contributed by atoms with Gasteiger partial charge in [0, 0.05) is 25.1 Å². The van der Waals surface area contributed by atoms with Crippen LogP contribution < -0.4 is 0 Å². The lowest BCUT2D eigenvalue weighted by atomic mass is 10.2. The lowest BCUT2D eigenvalue weighted by Crippen LogP contribution is -2.36. The smallest absolute Gasteiger partial charge is 0.330 e. The number of hydroxylamine groups is 2. The van der Waals surface area contributed by atoms with Crippen LogP contribution in [-0.4, -0.2) is 64.3 Å². The van der Waals surface area contributed by atoms with Gasteiger partial charge in [0.05, 0.1) is 6.42 Å². The van der Waals surface area contributed by atoms with Crippen LogP contribution in [0.2, 0.25) is 0 Å². The fourth-order valence-corrected chi connectivity index (χ4v) is 2.95. The van der Waals surface area contributed by atoms with E-state index in [0.29, 0.717) is 6.42 Å². The minimum Gasteiger partial charge on any atom is -0.330 e. The summed E-state index contributed by atoms with van der Waals surface area (Å²) in [5.74, 6) is -4.25. The molecule has 0 aromatic rings. The SMILES string of the molecule is O=C(CCCCN1C(=O)C=CC1=O)ON1C(=O)CC(S(=O)(=O)O)C1=O. The molecule has 1 unspecified atom stereocenters. The number of unbranched alkanes of at least 4 members (excludes halogenated alkanes) is 1. The van der Waals surface area contributed by atoms with Crippen molar-refractivity contribution < 1.29 is 41.8 Å². The van der Waals surface area contributed by atoms with Gasteiger partial charge in [-0.2, -0.15) is 8.42 Å². The molecule has 2 rings (SSSR count). The quantitative estimate of drug-likeness (QED) is 0.320. The molecule has 2 aliphatic rings. The molecule has 1 saturated heterocycles.